The van der Waals surface area contributed by atoms with Crippen molar-refractivity contribution in [2.75, 3.05) is 6.61 Å². The Labute approximate surface area is 167 Å². The first-order valence-corrected chi connectivity index (χ1v) is 14.2. The first-order chi connectivity index (χ1) is 12.7. The van der Waals surface area contributed by atoms with Crippen molar-refractivity contribution in [2.45, 2.75) is 143 Å². The molecule has 0 saturated heterocycles. The van der Waals surface area contributed by atoms with Gasteiger partial charge in [0.15, 0.2) is 0 Å². The van der Waals surface area contributed by atoms with Gasteiger partial charge in [0.05, 0.1) is 0 Å². The maximum atomic E-state index is 6.60. The van der Waals surface area contributed by atoms with Crippen molar-refractivity contribution >= 4 is 8.56 Å². The number of hydrogen-bond acceptors (Lipinski definition) is 2. The van der Waals surface area contributed by atoms with Crippen molar-refractivity contribution in [3.05, 3.63) is 0 Å². The van der Waals surface area contributed by atoms with Crippen molar-refractivity contribution in [3.8, 4) is 0 Å². The highest BCUT2D eigenvalue weighted by Gasteiger charge is 2.35. The van der Waals surface area contributed by atoms with E-state index in [1.807, 2.05) is 0 Å². The van der Waals surface area contributed by atoms with Gasteiger partial charge in [-0.2, -0.15) is 0 Å². The van der Waals surface area contributed by atoms with Gasteiger partial charge in [0.2, 0.25) is 0 Å². The molecule has 0 fully saturated rings. The minimum atomic E-state index is -1.97. The molecule has 0 aliphatic rings. The summed E-state index contributed by atoms with van der Waals surface area (Å²) >= 11 is 0. The van der Waals surface area contributed by atoms with Crippen LogP contribution in [-0.2, 0) is 8.85 Å². The molecular formula is C23H50O2Si. The fourth-order valence-electron chi connectivity index (χ4n) is 3.58. The van der Waals surface area contributed by atoms with Gasteiger partial charge < -0.3 is 8.85 Å². The molecule has 0 aromatic rings. The Hall–Kier alpha value is 0.137. The molecule has 1 unspecified atom stereocenters. The Bertz CT molecular complexity index is 279. The Morgan fingerprint density at radius 1 is 0.615 bits per heavy atom. The molecule has 0 amide bonds. The average Bonchev–Trinajstić information content (AvgIpc) is 2.68. The van der Waals surface area contributed by atoms with E-state index in [1.54, 1.807) is 0 Å². The molecule has 0 aliphatic carbocycles. The maximum absolute atomic E-state index is 6.60. The first kappa shape index (κ1) is 26.1. The lowest BCUT2D eigenvalue weighted by atomic mass is 10.1. The van der Waals surface area contributed by atoms with E-state index in [2.05, 4.69) is 34.6 Å². The molecule has 0 spiro atoms. The molecule has 0 aliphatic heterocycles. The topological polar surface area (TPSA) is 18.5 Å². The molecule has 0 aromatic carbocycles. The van der Waals surface area contributed by atoms with Gasteiger partial charge in [-0.3, -0.25) is 0 Å². The predicted octanol–water partition coefficient (Wildman–Crippen LogP) is 8.39. The first-order valence-electron chi connectivity index (χ1n) is 12.0. The van der Waals surface area contributed by atoms with Crippen LogP contribution in [0.15, 0.2) is 0 Å². The molecule has 1 atom stereocenters. The molecular weight excluding hydrogens is 336 g/mol. The molecule has 3 heteroatoms. The van der Waals surface area contributed by atoms with Crippen molar-refractivity contribution in [1.29, 1.82) is 0 Å². The summed E-state index contributed by atoms with van der Waals surface area (Å²) in [7, 11) is -1.97. The minimum absolute atomic E-state index is 0.411. The average molecular weight is 387 g/mol. The van der Waals surface area contributed by atoms with Crippen LogP contribution in [-0.4, -0.2) is 21.3 Å². The monoisotopic (exact) mass is 386 g/mol. The van der Waals surface area contributed by atoms with Gasteiger partial charge in [0, 0.05) is 12.7 Å². The second kappa shape index (κ2) is 18.5. The van der Waals surface area contributed by atoms with Crippen LogP contribution in [0.3, 0.4) is 0 Å². The lowest BCUT2D eigenvalue weighted by molar-refractivity contribution is 0.101. The fourth-order valence-corrected chi connectivity index (χ4v) is 6.30. The third-order valence-corrected chi connectivity index (χ3v) is 9.30. The second-order valence-corrected chi connectivity index (χ2v) is 11.7. The van der Waals surface area contributed by atoms with E-state index in [0.717, 1.165) is 25.1 Å². The van der Waals surface area contributed by atoms with Crippen molar-refractivity contribution in [2.24, 2.45) is 0 Å². The largest absolute Gasteiger partial charge is 0.394 e. The van der Waals surface area contributed by atoms with Gasteiger partial charge in [-0.25, -0.2) is 0 Å². The summed E-state index contributed by atoms with van der Waals surface area (Å²) in [6.45, 7) is 12.2. The number of rotatable bonds is 20. The van der Waals surface area contributed by atoms with Gasteiger partial charge in [-0.05, 0) is 31.4 Å². The zero-order valence-electron chi connectivity index (χ0n) is 18.9. The minimum Gasteiger partial charge on any atom is -0.394 e. The quantitative estimate of drug-likeness (QED) is 0.154. The van der Waals surface area contributed by atoms with Gasteiger partial charge in [0.25, 0.3) is 0 Å². The van der Waals surface area contributed by atoms with Crippen LogP contribution in [0, 0.1) is 0 Å². The lowest BCUT2D eigenvalue weighted by Gasteiger charge is -2.33. The molecule has 0 bridgehead atoms. The van der Waals surface area contributed by atoms with Crippen LogP contribution in [0.1, 0.15) is 125 Å². The summed E-state index contributed by atoms with van der Waals surface area (Å²) in [6.07, 6.45) is 19.1. The smallest absolute Gasteiger partial charge is 0.337 e. The van der Waals surface area contributed by atoms with Crippen LogP contribution < -0.4 is 0 Å². The van der Waals surface area contributed by atoms with Crippen LogP contribution in [0.2, 0.25) is 12.1 Å². The molecule has 0 N–H and O–H groups in total. The van der Waals surface area contributed by atoms with E-state index in [0.29, 0.717) is 6.10 Å². The SMILES string of the molecule is CCCCCCCCCCCCO[Si](CC)(CC)OC(CC)CCCC. The second-order valence-electron chi connectivity index (χ2n) is 7.94. The highest BCUT2D eigenvalue weighted by molar-refractivity contribution is 6.67. The highest BCUT2D eigenvalue weighted by atomic mass is 28.4. The Morgan fingerprint density at radius 3 is 1.58 bits per heavy atom. The molecule has 0 saturated carbocycles. The standard InChI is InChI=1S/C23H50O2Si/c1-6-11-13-14-15-16-17-18-19-20-22-24-26(9-4,10-5)25-23(8-3)21-12-7-2/h23H,6-22H2,1-5H3. The van der Waals surface area contributed by atoms with Gasteiger partial charge in [-0.15, -0.1) is 0 Å². The number of unbranched alkanes of at least 4 members (excludes halogenated alkanes) is 10. The van der Waals surface area contributed by atoms with Crippen LogP contribution in [0.5, 0.6) is 0 Å². The van der Waals surface area contributed by atoms with E-state index < -0.39 is 8.56 Å². The molecule has 0 aromatic heterocycles. The van der Waals surface area contributed by atoms with Crippen LogP contribution in [0.25, 0.3) is 0 Å². The summed E-state index contributed by atoms with van der Waals surface area (Å²) in [6, 6.07) is 2.17. The van der Waals surface area contributed by atoms with E-state index >= 15 is 0 Å². The molecule has 26 heavy (non-hydrogen) atoms. The molecule has 2 nitrogen and oxygen atoms in total. The van der Waals surface area contributed by atoms with Crippen LogP contribution in [0.4, 0.5) is 0 Å². The third kappa shape index (κ3) is 13.3. The summed E-state index contributed by atoms with van der Waals surface area (Å²) < 4.78 is 13.0. The zero-order chi connectivity index (χ0) is 19.5. The van der Waals surface area contributed by atoms with Crippen LogP contribution >= 0.6 is 0 Å². The summed E-state index contributed by atoms with van der Waals surface area (Å²) in [5.41, 5.74) is 0. The van der Waals surface area contributed by atoms with Crippen molar-refractivity contribution < 1.29 is 8.85 Å². The third-order valence-electron chi connectivity index (χ3n) is 5.66. The Balaban J connectivity index is 3.88. The predicted molar refractivity (Wildman–Crippen MR) is 119 cm³/mol. The van der Waals surface area contributed by atoms with Gasteiger partial charge in [0.1, 0.15) is 0 Å². The maximum Gasteiger partial charge on any atom is 0.337 e. The summed E-state index contributed by atoms with van der Waals surface area (Å²) in [5, 5.41) is 0. The van der Waals surface area contributed by atoms with E-state index in [-0.39, 0.29) is 0 Å². The Morgan fingerprint density at radius 2 is 1.12 bits per heavy atom. The van der Waals surface area contributed by atoms with Gasteiger partial charge >= 0.3 is 8.56 Å². The summed E-state index contributed by atoms with van der Waals surface area (Å²) in [5.74, 6) is 0. The molecule has 0 rings (SSSR count). The fraction of sp³-hybridized carbons (Fsp3) is 1.00. The lowest BCUT2D eigenvalue weighted by Crippen LogP contribution is -2.44. The van der Waals surface area contributed by atoms with E-state index in [4.69, 9.17) is 8.85 Å². The molecule has 0 heterocycles. The van der Waals surface area contributed by atoms with Crippen molar-refractivity contribution in [1.82, 2.24) is 0 Å². The van der Waals surface area contributed by atoms with Gasteiger partial charge in [-0.1, -0.05) is 105 Å². The Kier molecular flexibility index (Phi) is 18.6. The molecule has 0 radical (unpaired) electrons. The van der Waals surface area contributed by atoms with E-state index in [1.165, 1.54) is 83.5 Å². The van der Waals surface area contributed by atoms with E-state index in [9.17, 15) is 0 Å². The summed E-state index contributed by atoms with van der Waals surface area (Å²) in [4.78, 5) is 0. The normalized spacial score (nSPS) is 13.3. The van der Waals surface area contributed by atoms with Crippen molar-refractivity contribution in [3.63, 3.8) is 0 Å². The highest BCUT2D eigenvalue weighted by Crippen LogP contribution is 2.24. The molecule has 158 valence electrons. The number of hydrogen-bond donors (Lipinski definition) is 0. The zero-order valence-corrected chi connectivity index (χ0v) is 19.9.